The summed E-state index contributed by atoms with van der Waals surface area (Å²) in [5.74, 6) is 0.140. The van der Waals surface area contributed by atoms with Crippen LogP contribution in [-0.2, 0) is 14.8 Å². The molecule has 0 aromatic heterocycles. The number of halogens is 1. The first-order valence-electron chi connectivity index (χ1n) is 9.21. The van der Waals surface area contributed by atoms with Crippen LogP contribution in [0.5, 0.6) is 11.5 Å². The quantitative estimate of drug-likeness (QED) is 0.612. The van der Waals surface area contributed by atoms with Crippen LogP contribution in [0.25, 0.3) is 0 Å². The van der Waals surface area contributed by atoms with Crippen molar-refractivity contribution in [2.45, 2.75) is 31.7 Å². The molecule has 0 heterocycles. The van der Waals surface area contributed by atoms with E-state index in [1.165, 1.54) is 0 Å². The van der Waals surface area contributed by atoms with Crippen molar-refractivity contribution in [3.8, 4) is 11.5 Å². The van der Waals surface area contributed by atoms with Crippen molar-refractivity contribution in [1.82, 2.24) is 10.0 Å². The number of sulfonamides is 1. The zero-order valence-corrected chi connectivity index (χ0v) is 17.4. The fourth-order valence-electron chi connectivity index (χ4n) is 2.57. The van der Waals surface area contributed by atoms with Gasteiger partial charge in [0.05, 0.1) is 30.7 Å². The van der Waals surface area contributed by atoms with E-state index in [9.17, 15) is 17.6 Å². The van der Waals surface area contributed by atoms with Crippen molar-refractivity contribution in [2.75, 3.05) is 19.8 Å². The number of amides is 1. The molecule has 2 N–H and O–H groups in total. The number of rotatable bonds is 10. The van der Waals surface area contributed by atoms with Gasteiger partial charge in [0.15, 0.2) is 11.5 Å². The Hall–Kier alpha value is -2.65. The number of carbonyl (C=O) groups excluding carboxylic acids is 1. The molecule has 1 amide bonds. The first-order valence-corrected chi connectivity index (χ1v) is 10.7. The maximum Gasteiger partial charge on any atom is 0.241 e. The summed E-state index contributed by atoms with van der Waals surface area (Å²) in [5.41, 5.74) is 0.784. The van der Waals surface area contributed by atoms with Gasteiger partial charge in [-0.1, -0.05) is 6.07 Å². The molecule has 0 spiro atoms. The monoisotopic (exact) mass is 424 g/mol. The van der Waals surface area contributed by atoms with Crippen molar-refractivity contribution < 1.29 is 27.1 Å². The molecule has 0 saturated carbocycles. The van der Waals surface area contributed by atoms with Gasteiger partial charge in [0, 0.05) is 0 Å². The van der Waals surface area contributed by atoms with E-state index >= 15 is 0 Å². The smallest absolute Gasteiger partial charge is 0.241 e. The Morgan fingerprint density at radius 3 is 2.28 bits per heavy atom. The molecule has 0 aliphatic rings. The third-order valence-electron chi connectivity index (χ3n) is 3.99. The molecule has 0 fully saturated rings. The highest BCUT2D eigenvalue weighted by atomic mass is 32.2. The Bertz CT molecular complexity index is 932. The minimum Gasteiger partial charge on any atom is -0.490 e. The molecule has 7 nitrogen and oxygen atoms in total. The molecule has 2 aromatic carbocycles. The van der Waals surface area contributed by atoms with Crippen LogP contribution in [0.1, 0.15) is 32.4 Å². The van der Waals surface area contributed by atoms with Gasteiger partial charge in [-0.3, -0.25) is 4.79 Å². The van der Waals surface area contributed by atoms with Crippen LogP contribution in [0, 0.1) is 5.82 Å². The molecule has 0 bridgehead atoms. The van der Waals surface area contributed by atoms with Crippen LogP contribution >= 0.6 is 0 Å². The summed E-state index contributed by atoms with van der Waals surface area (Å²) in [6.45, 7) is 6.03. The topological polar surface area (TPSA) is 93.7 Å². The average Bonchev–Trinajstić information content (AvgIpc) is 2.68. The lowest BCUT2D eigenvalue weighted by atomic mass is 10.1. The second-order valence-corrected chi connectivity index (χ2v) is 7.91. The van der Waals surface area contributed by atoms with E-state index < -0.39 is 28.3 Å². The summed E-state index contributed by atoms with van der Waals surface area (Å²) in [7, 11) is -3.91. The van der Waals surface area contributed by atoms with Gasteiger partial charge in [-0.2, -0.15) is 0 Å². The minimum atomic E-state index is -3.91. The van der Waals surface area contributed by atoms with E-state index in [2.05, 4.69) is 10.0 Å². The zero-order valence-electron chi connectivity index (χ0n) is 16.6. The van der Waals surface area contributed by atoms with Crippen molar-refractivity contribution >= 4 is 15.9 Å². The van der Waals surface area contributed by atoms with Crippen molar-refractivity contribution in [3.63, 3.8) is 0 Å². The lowest BCUT2D eigenvalue weighted by Crippen LogP contribution is -2.38. The van der Waals surface area contributed by atoms with Gasteiger partial charge in [-0.15, -0.1) is 0 Å². The lowest BCUT2D eigenvalue weighted by Gasteiger charge is -2.17. The molecule has 0 radical (unpaired) electrons. The first-order chi connectivity index (χ1) is 13.8. The van der Waals surface area contributed by atoms with E-state index in [1.54, 1.807) is 25.1 Å². The number of benzene rings is 2. The highest BCUT2D eigenvalue weighted by molar-refractivity contribution is 7.89. The second-order valence-electron chi connectivity index (χ2n) is 6.14. The van der Waals surface area contributed by atoms with Crippen LogP contribution in [0.3, 0.4) is 0 Å². The minimum absolute atomic E-state index is 0.118. The van der Waals surface area contributed by atoms with Crippen LogP contribution in [0.2, 0.25) is 0 Å². The summed E-state index contributed by atoms with van der Waals surface area (Å²) in [5, 5.41) is 2.73. The largest absolute Gasteiger partial charge is 0.490 e. The van der Waals surface area contributed by atoms with E-state index in [0.717, 1.165) is 29.8 Å². The Morgan fingerprint density at radius 2 is 1.66 bits per heavy atom. The predicted octanol–water partition coefficient (Wildman–Crippen LogP) is 2.78. The molecule has 158 valence electrons. The second kappa shape index (κ2) is 10.2. The van der Waals surface area contributed by atoms with Crippen molar-refractivity contribution in [2.24, 2.45) is 0 Å². The number of hydrogen-bond acceptors (Lipinski definition) is 5. The molecule has 9 heteroatoms. The van der Waals surface area contributed by atoms with Crippen LogP contribution < -0.4 is 19.5 Å². The van der Waals surface area contributed by atoms with Gasteiger partial charge < -0.3 is 14.8 Å². The number of ether oxygens (including phenoxy) is 2. The molecule has 1 atom stereocenters. The third-order valence-corrected chi connectivity index (χ3v) is 5.41. The molecule has 2 rings (SSSR count). The lowest BCUT2D eigenvalue weighted by molar-refractivity contribution is -0.120. The molecule has 29 heavy (non-hydrogen) atoms. The number of hydrogen-bond donors (Lipinski definition) is 2. The van der Waals surface area contributed by atoms with Gasteiger partial charge in [-0.05, 0) is 62.7 Å². The fraction of sp³-hybridized carbons (Fsp3) is 0.350. The van der Waals surface area contributed by atoms with E-state index in [0.29, 0.717) is 24.7 Å². The standard InChI is InChI=1S/C20H25FN2O5S/c1-4-27-18-11-6-15(12-19(18)28-5-2)14(3)23-20(24)13-22-29(25,26)17-9-7-16(21)8-10-17/h6-12,14,22H,4-5,13H2,1-3H3,(H,23,24)/t14-/m0/s1. The molecular weight excluding hydrogens is 399 g/mol. The fourth-order valence-corrected chi connectivity index (χ4v) is 3.55. The zero-order chi connectivity index (χ0) is 21.4. The van der Waals surface area contributed by atoms with Gasteiger partial charge in [0.2, 0.25) is 15.9 Å². The van der Waals surface area contributed by atoms with E-state index in [1.807, 2.05) is 13.8 Å². The Morgan fingerprint density at radius 1 is 1.03 bits per heavy atom. The highest BCUT2D eigenvalue weighted by Crippen LogP contribution is 2.30. The van der Waals surface area contributed by atoms with Crippen LogP contribution in [0.4, 0.5) is 4.39 Å². The highest BCUT2D eigenvalue weighted by Gasteiger charge is 2.17. The van der Waals surface area contributed by atoms with E-state index in [-0.39, 0.29) is 10.9 Å². The van der Waals surface area contributed by atoms with Crippen LogP contribution in [-0.4, -0.2) is 34.1 Å². The van der Waals surface area contributed by atoms with Crippen molar-refractivity contribution in [1.29, 1.82) is 0 Å². The maximum absolute atomic E-state index is 12.9. The summed E-state index contributed by atoms with van der Waals surface area (Å²) in [6, 6.07) is 9.32. The molecule has 0 saturated heterocycles. The molecule has 0 unspecified atom stereocenters. The SMILES string of the molecule is CCOc1ccc([C@H](C)NC(=O)CNS(=O)(=O)c2ccc(F)cc2)cc1OCC. The average molecular weight is 424 g/mol. The molecular formula is C20H25FN2O5S. The number of nitrogens with one attached hydrogen (secondary N) is 2. The van der Waals surface area contributed by atoms with Gasteiger partial charge in [0.1, 0.15) is 5.82 Å². The van der Waals surface area contributed by atoms with Gasteiger partial charge >= 0.3 is 0 Å². The Kier molecular flexibility index (Phi) is 7.98. The summed E-state index contributed by atoms with van der Waals surface area (Å²) < 4.78 is 50.6. The van der Waals surface area contributed by atoms with Gasteiger partial charge in [-0.25, -0.2) is 17.5 Å². The Balaban J connectivity index is 1.99. The Labute approximate surface area is 170 Å². The predicted molar refractivity (Wildman–Crippen MR) is 107 cm³/mol. The first kappa shape index (κ1) is 22.6. The summed E-state index contributed by atoms with van der Waals surface area (Å²) in [6.07, 6.45) is 0. The van der Waals surface area contributed by atoms with E-state index in [4.69, 9.17) is 9.47 Å². The van der Waals surface area contributed by atoms with Gasteiger partial charge in [0.25, 0.3) is 0 Å². The normalized spacial score (nSPS) is 12.3. The van der Waals surface area contributed by atoms with Crippen LogP contribution in [0.15, 0.2) is 47.4 Å². The molecule has 0 aliphatic heterocycles. The summed E-state index contributed by atoms with van der Waals surface area (Å²) in [4.78, 5) is 12.1. The number of carbonyl (C=O) groups is 1. The maximum atomic E-state index is 12.9. The third kappa shape index (κ3) is 6.43. The summed E-state index contributed by atoms with van der Waals surface area (Å²) >= 11 is 0. The van der Waals surface area contributed by atoms with Crippen molar-refractivity contribution in [3.05, 3.63) is 53.8 Å². The molecule has 2 aromatic rings. The molecule has 0 aliphatic carbocycles.